The lowest BCUT2D eigenvalue weighted by atomic mass is 9.78. The van der Waals surface area contributed by atoms with E-state index < -0.39 is 0 Å². The Morgan fingerprint density at radius 2 is 0.729 bits per heavy atom. The topological polar surface area (TPSA) is 123 Å². The Morgan fingerprint density at radius 3 is 0.979 bits per heavy atom. The predicted octanol–water partition coefficient (Wildman–Crippen LogP) is 6.26. The Hall–Kier alpha value is -3.10. The van der Waals surface area contributed by atoms with Crippen LogP contribution in [0.15, 0.2) is 24.3 Å². The second-order valence-corrected chi connectivity index (χ2v) is 17.3. The molecule has 0 saturated carbocycles. The molecule has 0 heterocycles. The van der Waals surface area contributed by atoms with Gasteiger partial charge in [-0.1, -0.05) is 107 Å². The van der Waals surface area contributed by atoms with Gasteiger partial charge in [-0.25, -0.2) is 0 Å². The van der Waals surface area contributed by atoms with Crippen molar-refractivity contribution in [2.75, 3.05) is 39.3 Å². The standard InChI is InChI=1S/C40H66N4O4/c1-37(2,3)29-23-27(24-30(35(29)47)38(4,5)6)13-15-33(45)43-21-19-41-17-18-42-20-22-44-34(46)16-14-28-25-31(39(7,8)9)36(48)32(26-28)40(10,11)12/h23-26,41-42,47-48H,13-22H2,1-12H3,(H,43,45)(H,44,46). The van der Waals surface area contributed by atoms with Gasteiger partial charge in [0.25, 0.3) is 0 Å². The predicted molar refractivity (Wildman–Crippen MR) is 199 cm³/mol. The van der Waals surface area contributed by atoms with E-state index in [1.54, 1.807) is 0 Å². The maximum Gasteiger partial charge on any atom is 0.220 e. The summed E-state index contributed by atoms with van der Waals surface area (Å²) in [6.07, 6.45) is 2.05. The van der Waals surface area contributed by atoms with E-state index in [0.29, 0.717) is 63.4 Å². The van der Waals surface area contributed by atoms with E-state index >= 15 is 0 Å². The van der Waals surface area contributed by atoms with Gasteiger partial charge >= 0.3 is 0 Å². The summed E-state index contributed by atoms with van der Waals surface area (Å²) < 4.78 is 0. The molecule has 270 valence electrons. The average molecular weight is 667 g/mol. The molecule has 2 rings (SSSR count). The average Bonchev–Trinajstić information content (AvgIpc) is 2.94. The summed E-state index contributed by atoms with van der Waals surface area (Å²) >= 11 is 0. The van der Waals surface area contributed by atoms with Gasteiger partial charge in [0, 0.05) is 52.1 Å². The van der Waals surface area contributed by atoms with Gasteiger partial charge in [0.1, 0.15) is 11.5 Å². The summed E-state index contributed by atoms with van der Waals surface area (Å²) in [7, 11) is 0. The molecule has 0 saturated heterocycles. The van der Waals surface area contributed by atoms with Crippen LogP contribution in [0.5, 0.6) is 11.5 Å². The van der Waals surface area contributed by atoms with Gasteiger partial charge < -0.3 is 31.5 Å². The van der Waals surface area contributed by atoms with Gasteiger partial charge in [-0.05, 0) is 67.9 Å². The van der Waals surface area contributed by atoms with Crippen molar-refractivity contribution in [3.8, 4) is 11.5 Å². The number of hydrogen-bond donors (Lipinski definition) is 6. The van der Waals surface area contributed by atoms with Crippen LogP contribution in [-0.2, 0) is 44.1 Å². The Kier molecular flexibility index (Phi) is 14.6. The summed E-state index contributed by atoms with van der Waals surface area (Å²) in [6.45, 7) is 29.1. The fourth-order valence-corrected chi connectivity index (χ4v) is 5.66. The molecular weight excluding hydrogens is 600 g/mol. The van der Waals surface area contributed by atoms with Crippen molar-refractivity contribution in [2.45, 2.75) is 130 Å². The van der Waals surface area contributed by atoms with E-state index in [1.165, 1.54) is 0 Å². The molecule has 48 heavy (non-hydrogen) atoms. The molecule has 0 spiro atoms. The van der Waals surface area contributed by atoms with Crippen LogP contribution < -0.4 is 21.3 Å². The van der Waals surface area contributed by atoms with E-state index in [9.17, 15) is 19.8 Å². The largest absolute Gasteiger partial charge is 0.507 e. The van der Waals surface area contributed by atoms with E-state index in [-0.39, 0.29) is 33.5 Å². The summed E-state index contributed by atoms with van der Waals surface area (Å²) in [5.41, 5.74) is 5.03. The highest BCUT2D eigenvalue weighted by atomic mass is 16.3. The van der Waals surface area contributed by atoms with Crippen molar-refractivity contribution in [3.05, 3.63) is 57.6 Å². The second-order valence-electron chi connectivity index (χ2n) is 17.3. The minimum Gasteiger partial charge on any atom is -0.507 e. The maximum atomic E-state index is 12.5. The van der Waals surface area contributed by atoms with Crippen molar-refractivity contribution < 1.29 is 19.8 Å². The lowest BCUT2D eigenvalue weighted by Crippen LogP contribution is -2.37. The zero-order valence-electron chi connectivity index (χ0n) is 32.1. The number of hydrogen-bond acceptors (Lipinski definition) is 6. The Morgan fingerprint density at radius 1 is 0.479 bits per heavy atom. The van der Waals surface area contributed by atoms with Crippen LogP contribution in [0.1, 0.15) is 129 Å². The van der Waals surface area contributed by atoms with Gasteiger partial charge in [-0.3, -0.25) is 9.59 Å². The number of aromatic hydroxyl groups is 2. The van der Waals surface area contributed by atoms with Crippen molar-refractivity contribution >= 4 is 11.8 Å². The van der Waals surface area contributed by atoms with Crippen LogP contribution in [0.3, 0.4) is 0 Å². The van der Waals surface area contributed by atoms with Crippen LogP contribution in [0.4, 0.5) is 0 Å². The Balaban J connectivity index is 1.64. The molecule has 0 fully saturated rings. The molecule has 2 aromatic carbocycles. The number of amides is 2. The van der Waals surface area contributed by atoms with Crippen molar-refractivity contribution in [3.63, 3.8) is 0 Å². The third-order valence-electron chi connectivity index (χ3n) is 8.58. The molecule has 0 aliphatic rings. The molecule has 0 aliphatic heterocycles. The summed E-state index contributed by atoms with van der Waals surface area (Å²) in [6, 6.07) is 8.17. The minimum absolute atomic E-state index is 0.0167. The van der Waals surface area contributed by atoms with Crippen LogP contribution >= 0.6 is 0 Å². The lowest BCUT2D eigenvalue weighted by Gasteiger charge is -2.28. The normalized spacial score (nSPS) is 12.7. The van der Waals surface area contributed by atoms with E-state index in [2.05, 4.69) is 104 Å². The Bertz CT molecular complexity index is 1200. The van der Waals surface area contributed by atoms with Crippen LogP contribution in [0.2, 0.25) is 0 Å². The quantitative estimate of drug-likeness (QED) is 0.125. The monoisotopic (exact) mass is 667 g/mol. The molecule has 0 unspecified atom stereocenters. The van der Waals surface area contributed by atoms with Crippen molar-refractivity contribution in [1.29, 1.82) is 0 Å². The molecule has 0 radical (unpaired) electrons. The van der Waals surface area contributed by atoms with Crippen molar-refractivity contribution in [2.24, 2.45) is 0 Å². The highest BCUT2D eigenvalue weighted by Crippen LogP contribution is 2.41. The number of phenols is 2. The number of carbonyl (C=O) groups is 2. The number of rotatable bonds is 15. The minimum atomic E-state index is -0.194. The molecule has 8 nitrogen and oxygen atoms in total. The first-order valence-corrected chi connectivity index (χ1v) is 17.7. The second kappa shape index (κ2) is 17.0. The zero-order chi connectivity index (χ0) is 36.5. The molecule has 2 aromatic rings. The van der Waals surface area contributed by atoms with Gasteiger partial charge in [0.15, 0.2) is 0 Å². The molecule has 0 aliphatic carbocycles. The molecule has 2 amide bonds. The van der Waals surface area contributed by atoms with Gasteiger partial charge in [-0.15, -0.1) is 0 Å². The molecule has 8 heteroatoms. The number of aryl methyl sites for hydroxylation is 2. The summed E-state index contributed by atoms with van der Waals surface area (Å²) in [4.78, 5) is 25.0. The van der Waals surface area contributed by atoms with E-state index in [4.69, 9.17) is 0 Å². The van der Waals surface area contributed by atoms with Gasteiger partial charge in [0.05, 0.1) is 0 Å². The van der Waals surface area contributed by atoms with Gasteiger partial charge in [0.2, 0.25) is 11.8 Å². The first-order valence-electron chi connectivity index (χ1n) is 17.7. The summed E-state index contributed by atoms with van der Waals surface area (Å²) in [5.74, 6) is 0.756. The molecule has 0 bridgehead atoms. The highest BCUT2D eigenvalue weighted by molar-refractivity contribution is 5.76. The molecule has 6 N–H and O–H groups in total. The fourth-order valence-electron chi connectivity index (χ4n) is 5.66. The zero-order valence-corrected chi connectivity index (χ0v) is 32.1. The highest BCUT2D eigenvalue weighted by Gasteiger charge is 2.28. The van der Waals surface area contributed by atoms with Gasteiger partial charge in [-0.2, -0.15) is 0 Å². The van der Waals surface area contributed by atoms with Crippen LogP contribution in [0.25, 0.3) is 0 Å². The van der Waals surface area contributed by atoms with Crippen molar-refractivity contribution in [1.82, 2.24) is 21.3 Å². The molecule has 0 aromatic heterocycles. The number of carbonyl (C=O) groups excluding carboxylic acids is 2. The fraction of sp³-hybridized carbons (Fsp3) is 0.650. The third-order valence-corrected chi connectivity index (χ3v) is 8.58. The Labute approximate surface area is 291 Å². The number of phenolic OH excluding ortho intramolecular Hbond substituents is 2. The third kappa shape index (κ3) is 13.1. The van der Waals surface area contributed by atoms with Crippen LogP contribution in [0, 0.1) is 0 Å². The smallest absolute Gasteiger partial charge is 0.220 e. The SMILES string of the molecule is CC(C)(C)c1cc(CCC(=O)NCCNCCNCCNC(=O)CCc2cc(C(C)(C)C)c(O)c(C(C)(C)C)c2)cc(C(C)(C)C)c1O. The number of nitrogens with one attached hydrogen (secondary N) is 4. The molecular formula is C40H66N4O4. The number of benzene rings is 2. The van der Waals surface area contributed by atoms with E-state index in [1.807, 2.05) is 24.3 Å². The van der Waals surface area contributed by atoms with Crippen LogP contribution in [-0.4, -0.2) is 61.3 Å². The summed E-state index contributed by atoms with van der Waals surface area (Å²) in [5, 5.41) is 34.5. The van der Waals surface area contributed by atoms with E-state index in [0.717, 1.165) is 46.5 Å². The molecule has 0 atom stereocenters. The lowest BCUT2D eigenvalue weighted by molar-refractivity contribution is -0.121. The first kappa shape index (κ1) is 41.1. The first-order chi connectivity index (χ1) is 22.0. The maximum absolute atomic E-state index is 12.5.